The molecule has 1 aliphatic rings. The molecule has 1 heterocycles. The fraction of sp³-hybridized carbons (Fsp3) is 0.391. The first-order valence-electron chi connectivity index (χ1n) is 9.83. The number of benzene rings is 2. The Hall–Kier alpha value is -2.82. The molecule has 0 spiro atoms. The summed E-state index contributed by atoms with van der Waals surface area (Å²) in [6.07, 6.45) is 0.868. The van der Waals surface area contributed by atoms with Crippen molar-refractivity contribution in [2.75, 3.05) is 16.8 Å². The largest absolute Gasteiger partial charge is 0.481 e. The molecule has 1 aliphatic heterocycles. The van der Waals surface area contributed by atoms with Crippen molar-refractivity contribution in [1.29, 1.82) is 0 Å². The Morgan fingerprint density at radius 3 is 2.43 bits per heavy atom. The Kier molecular flexibility index (Phi) is 6.02. The van der Waals surface area contributed by atoms with Gasteiger partial charge < -0.3 is 15.0 Å². The minimum absolute atomic E-state index is 0.151. The van der Waals surface area contributed by atoms with E-state index in [2.05, 4.69) is 31.3 Å². The van der Waals surface area contributed by atoms with Crippen molar-refractivity contribution in [2.24, 2.45) is 0 Å². The monoisotopic (exact) mass is 380 g/mol. The molecule has 2 aromatic rings. The van der Waals surface area contributed by atoms with Crippen LogP contribution in [-0.4, -0.2) is 24.5 Å². The molecule has 0 aliphatic carbocycles. The number of anilines is 2. The maximum absolute atomic E-state index is 12.6. The van der Waals surface area contributed by atoms with Gasteiger partial charge in [0, 0.05) is 24.3 Å². The highest BCUT2D eigenvalue weighted by atomic mass is 16.5. The Bertz CT molecular complexity index is 859. The molecular formula is C23H28N2O3. The molecule has 3 rings (SSSR count). The second kappa shape index (κ2) is 8.46. The maximum atomic E-state index is 12.6. The van der Waals surface area contributed by atoms with Gasteiger partial charge in [-0.15, -0.1) is 0 Å². The third-order valence-electron chi connectivity index (χ3n) is 4.98. The zero-order valence-electron chi connectivity index (χ0n) is 17.0. The van der Waals surface area contributed by atoms with E-state index in [0.717, 1.165) is 35.5 Å². The summed E-state index contributed by atoms with van der Waals surface area (Å²) in [7, 11) is 0. The zero-order valence-corrected chi connectivity index (χ0v) is 17.0. The van der Waals surface area contributed by atoms with Crippen molar-refractivity contribution in [3.05, 3.63) is 53.6 Å². The van der Waals surface area contributed by atoms with Crippen LogP contribution in [0.2, 0.25) is 0 Å². The highest BCUT2D eigenvalue weighted by Crippen LogP contribution is 2.28. The van der Waals surface area contributed by atoms with Gasteiger partial charge >= 0.3 is 0 Å². The molecule has 2 aromatic carbocycles. The molecule has 28 heavy (non-hydrogen) atoms. The van der Waals surface area contributed by atoms with Gasteiger partial charge in [-0.1, -0.05) is 26.0 Å². The van der Waals surface area contributed by atoms with Gasteiger partial charge in [-0.05, 0) is 67.6 Å². The zero-order chi connectivity index (χ0) is 20.3. The quantitative estimate of drug-likeness (QED) is 0.793. The molecular weight excluding hydrogens is 352 g/mol. The summed E-state index contributed by atoms with van der Waals surface area (Å²) >= 11 is 0. The average molecular weight is 380 g/mol. The second-order valence-corrected chi connectivity index (χ2v) is 7.64. The molecule has 1 atom stereocenters. The van der Waals surface area contributed by atoms with E-state index < -0.39 is 6.10 Å². The molecule has 1 fully saturated rings. The van der Waals surface area contributed by atoms with Crippen LogP contribution in [0, 0.1) is 6.92 Å². The third-order valence-corrected chi connectivity index (χ3v) is 4.98. The van der Waals surface area contributed by atoms with Crippen LogP contribution >= 0.6 is 0 Å². The lowest BCUT2D eigenvalue weighted by atomic mass is 10.0. The minimum Gasteiger partial charge on any atom is -0.481 e. The van der Waals surface area contributed by atoms with Crippen LogP contribution in [0.15, 0.2) is 42.5 Å². The van der Waals surface area contributed by atoms with Gasteiger partial charge in [0.05, 0.1) is 0 Å². The molecule has 0 saturated carbocycles. The van der Waals surface area contributed by atoms with Gasteiger partial charge in [0.15, 0.2) is 6.10 Å². The van der Waals surface area contributed by atoms with E-state index in [1.807, 2.05) is 37.3 Å². The molecule has 5 nitrogen and oxygen atoms in total. The van der Waals surface area contributed by atoms with Gasteiger partial charge in [0.1, 0.15) is 5.75 Å². The SMILES string of the molecule is Cc1ccc(C(C)C)c(OC(C)C(=O)Nc2ccc(N3CCCC3=O)cc2)c1. The summed E-state index contributed by atoms with van der Waals surface area (Å²) in [5.41, 5.74) is 3.74. The number of carbonyl (C=O) groups excluding carboxylic acids is 2. The lowest BCUT2D eigenvalue weighted by molar-refractivity contribution is -0.122. The number of ether oxygens (including phenoxy) is 1. The van der Waals surface area contributed by atoms with E-state index in [1.165, 1.54) is 0 Å². The normalized spacial score (nSPS) is 15.0. The molecule has 148 valence electrons. The molecule has 0 aromatic heterocycles. The predicted molar refractivity (Wildman–Crippen MR) is 112 cm³/mol. The van der Waals surface area contributed by atoms with Crippen molar-refractivity contribution >= 4 is 23.2 Å². The average Bonchev–Trinajstić information content (AvgIpc) is 3.08. The first kappa shape index (κ1) is 19.9. The van der Waals surface area contributed by atoms with Crippen LogP contribution in [0.5, 0.6) is 5.75 Å². The highest BCUT2D eigenvalue weighted by Gasteiger charge is 2.22. The van der Waals surface area contributed by atoms with Crippen molar-refractivity contribution in [1.82, 2.24) is 0 Å². The summed E-state index contributed by atoms with van der Waals surface area (Å²) < 4.78 is 5.98. The molecule has 1 unspecified atom stereocenters. The molecule has 0 bridgehead atoms. The first-order chi connectivity index (χ1) is 13.3. The second-order valence-electron chi connectivity index (χ2n) is 7.64. The Morgan fingerprint density at radius 1 is 1.11 bits per heavy atom. The van der Waals surface area contributed by atoms with Crippen molar-refractivity contribution in [2.45, 2.75) is 52.6 Å². The minimum atomic E-state index is -0.626. The number of carbonyl (C=O) groups is 2. The van der Waals surface area contributed by atoms with E-state index in [9.17, 15) is 9.59 Å². The molecule has 1 N–H and O–H groups in total. The summed E-state index contributed by atoms with van der Waals surface area (Å²) in [5, 5.41) is 2.89. The first-order valence-corrected chi connectivity index (χ1v) is 9.83. The van der Waals surface area contributed by atoms with E-state index in [0.29, 0.717) is 18.0 Å². The smallest absolute Gasteiger partial charge is 0.265 e. The van der Waals surface area contributed by atoms with Crippen LogP contribution in [0.4, 0.5) is 11.4 Å². The van der Waals surface area contributed by atoms with Gasteiger partial charge in [0.25, 0.3) is 5.91 Å². The number of hydrogen-bond donors (Lipinski definition) is 1. The maximum Gasteiger partial charge on any atom is 0.265 e. The van der Waals surface area contributed by atoms with E-state index in [1.54, 1.807) is 11.8 Å². The van der Waals surface area contributed by atoms with Gasteiger partial charge in [-0.2, -0.15) is 0 Å². The Morgan fingerprint density at radius 2 is 1.82 bits per heavy atom. The number of nitrogens with zero attached hydrogens (tertiary/aromatic N) is 1. The number of hydrogen-bond acceptors (Lipinski definition) is 3. The van der Waals surface area contributed by atoms with Crippen LogP contribution in [-0.2, 0) is 9.59 Å². The van der Waals surface area contributed by atoms with Crippen molar-refractivity contribution in [3.8, 4) is 5.75 Å². The van der Waals surface area contributed by atoms with E-state index >= 15 is 0 Å². The molecule has 1 saturated heterocycles. The number of rotatable bonds is 6. The predicted octanol–water partition coefficient (Wildman–Crippen LogP) is 4.65. The Balaban J connectivity index is 1.65. The molecule has 2 amide bonds. The fourth-order valence-corrected chi connectivity index (χ4v) is 3.35. The summed E-state index contributed by atoms with van der Waals surface area (Å²) in [6.45, 7) is 8.72. The summed E-state index contributed by atoms with van der Waals surface area (Å²) in [6, 6.07) is 13.4. The fourth-order valence-electron chi connectivity index (χ4n) is 3.35. The lowest BCUT2D eigenvalue weighted by Gasteiger charge is -2.20. The van der Waals surface area contributed by atoms with Crippen LogP contribution in [0.25, 0.3) is 0 Å². The van der Waals surface area contributed by atoms with Crippen LogP contribution < -0.4 is 15.0 Å². The number of nitrogens with one attached hydrogen (secondary N) is 1. The summed E-state index contributed by atoms with van der Waals surface area (Å²) in [4.78, 5) is 26.2. The van der Waals surface area contributed by atoms with Crippen LogP contribution in [0.1, 0.15) is 50.7 Å². The summed E-state index contributed by atoms with van der Waals surface area (Å²) in [5.74, 6) is 1.01. The molecule has 0 radical (unpaired) electrons. The standard InChI is InChI=1S/C23H28N2O3/c1-15(2)20-12-7-16(3)14-21(20)28-17(4)23(27)24-18-8-10-19(11-9-18)25-13-5-6-22(25)26/h7-12,14-15,17H,5-6,13H2,1-4H3,(H,24,27). The highest BCUT2D eigenvalue weighted by molar-refractivity contribution is 5.96. The third kappa shape index (κ3) is 4.53. The molecule has 5 heteroatoms. The number of aryl methyl sites for hydroxylation is 1. The van der Waals surface area contributed by atoms with Crippen molar-refractivity contribution in [3.63, 3.8) is 0 Å². The van der Waals surface area contributed by atoms with Gasteiger partial charge in [-0.25, -0.2) is 0 Å². The topological polar surface area (TPSA) is 58.6 Å². The van der Waals surface area contributed by atoms with Gasteiger partial charge in [0.2, 0.25) is 5.91 Å². The lowest BCUT2D eigenvalue weighted by Crippen LogP contribution is -2.30. The van der Waals surface area contributed by atoms with E-state index in [4.69, 9.17) is 4.74 Å². The van der Waals surface area contributed by atoms with Crippen molar-refractivity contribution < 1.29 is 14.3 Å². The van der Waals surface area contributed by atoms with Crippen LogP contribution in [0.3, 0.4) is 0 Å². The van der Waals surface area contributed by atoms with E-state index in [-0.39, 0.29) is 11.8 Å². The number of amides is 2. The van der Waals surface area contributed by atoms with Gasteiger partial charge in [-0.3, -0.25) is 9.59 Å². The Labute approximate surface area is 166 Å².